The summed E-state index contributed by atoms with van der Waals surface area (Å²) < 4.78 is 32.7. The van der Waals surface area contributed by atoms with Crippen LogP contribution >= 0.6 is 11.6 Å². The van der Waals surface area contributed by atoms with Gasteiger partial charge < -0.3 is 4.74 Å². The minimum atomic E-state index is -3.82. The van der Waals surface area contributed by atoms with Gasteiger partial charge in [0.25, 0.3) is 5.91 Å². The largest absolute Gasteiger partial charge is 0.496 e. The highest BCUT2D eigenvalue weighted by Gasteiger charge is 2.39. The molecule has 0 aromatic heterocycles. The summed E-state index contributed by atoms with van der Waals surface area (Å²) in [5, 5.41) is 6.48. The van der Waals surface area contributed by atoms with E-state index in [-0.39, 0.29) is 11.4 Å². The number of fused-ring (bicyclic) bond motifs is 1. The normalized spacial score (nSPS) is 17.1. The Kier molecular flexibility index (Phi) is 6.45. The Balaban J connectivity index is 1.54. The minimum Gasteiger partial charge on any atom is -0.496 e. The first-order valence-corrected chi connectivity index (χ1v) is 11.9. The minimum absolute atomic E-state index is 0.102. The van der Waals surface area contributed by atoms with E-state index in [1.807, 2.05) is 36.4 Å². The fourth-order valence-electron chi connectivity index (χ4n) is 3.85. The molecular weight excluding hydrogens is 450 g/mol. The zero-order chi connectivity index (χ0) is 22.7. The molecule has 7 nitrogen and oxygen atoms in total. The molecule has 1 aliphatic rings. The Labute approximate surface area is 191 Å². The zero-order valence-electron chi connectivity index (χ0n) is 17.4. The van der Waals surface area contributed by atoms with Gasteiger partial charge in [-0.2, -0.15) is 9.41 Å². The van der Waals surface area contributed by atoms with Crippen molar-refractivity contribution in [1.29, 1.82) is 0 Å². The molecule has 3 aromatic carbocycles. The van der Waals surface area contributed by atoms with Crippen LogP contribution in [0.3, 0.4) is 0 Å². The van der Waals surface area contributed by atoms with Gasteiger partial charge in [-0.25, -0.2) is 13.8 Å². The first kappa shape index (κ1) is 22.3. The highest BCUT2D eigenvalue weighted by molar-refractivity contribution is 7.89. The van der Waals surface area contributed by atoms with E-state index in [0.29, 0.717) is 23.6 Å². The summed E-state index contributed by atoms with van der Waals surface area (Å²) in [6, 6.07) is 16.6. The molecule has 1 N–H and O–H groups in total. The molecule has 32 heavy (non-hydrogen) atoms. The summed E-state index contributed by atoms with van der Waals surface area (Å²) in [6.07, 6.45) is 2.53. The monoisotopic (exact) mass is 471 g/mol. The van der Waals surface area contributed by atoms with Gasteiger partial charge >= 0.3 is 0 Å². The van der Waals surface area contributed by atoms with Crippen molar-refractivity contribution < 1.29 is 17.9 Å². The smallest absolute Gasteiger partial charge is 0.258 e. The van der Waals surface area contributed by atoms with Crippen LogP contribution in [0.5, 0.6) is 5.75 Å². The van der Waals surface area contributed by atoms with Gasteiger partial charge in [0.2, 0.25) is 10.0 Å². The first-order chi connectivity index (χ1) is 15.4. The standard InChI is InChI=1S/C23H22ClN3O4S/c1-31-22-13-8-16-5-2-3-6-19(16)20(22)15-25-26-23(28)21-7-4-14-27(21)32(29,30)18-11-9-17(24)10-12-18/h2-3,5-6,8-13,15,21H,4,7,14H2,1H3,(H,26,28)/b25-15-/t21-/m0/s1. The molecule has 0 aliphatic carbocycles. The fourth-order valence-corrected chi connectivity index (χ4v) is 5.64. The van der Waals surface area contributed by atoms with Crippen molar-refractivity contribution >= 4 is 44.5 Å². The molecule has 1 saturated heterocycles. The molecular formula is C23H22ClN3O4S. The van der Waals surface area contributed by atoms with Crippen molar-refractivity contribution in [3.63, 3.8) is 0 Å². The van der Waals surface area contributed by atoms with Crippen LogP contribution in [0.15, 0.2) is 70.7 Å². The van der Waals surface area contributed by atoms with Crippen molar-refractivity contribution in [3.8, 4) is 5.75 Å². The van der Waals surface area contributed by atoms with E-state index in [1.54, 1.807) is 7.11 Å². The lowest BCUT2D eigenvalue weighted by molar-refractivity contribution is -0.124. The number of sulfonamides is 1. The molecule has 1 heterocycles. The zero-order valence-corrected chi connectivity index (χ0v) is 18.9. The molecule has 0 radical (unpaired) electrons. The van der Waals surface area contributed by atoms with Crippen LogP contribution in [0.1, 0.15) is 18.4 Å². The summed E-state index contributed by atoms with van der Waals surface area (Å²) in [5.41, 5.74) is 3.22. The van der Waals surface area contributed by atoms with Gasteiger partial charge in [0.05, 0.1) is 18.2 Å². The molecule has 0 spiro atoms. The molecule has 1 atom stereocenters. The number of halogens is 1. The van der Waals surface area contributed by atoms with Gasteiger partial charge in [0.15, 0.2) is 0 Å². The third kappa shape index (κ3) is 4.34. The highest BCUT2D eigenvalue weighted by Crippen LogP contribution is 2.28. The topological polar surface area (TPSA) is 88.1 Å². The lowest BCUT2D eigenvalue weighted by Crippen LogP contribution is -2.44. The number of amides is 1. The summed E-state index contributed by atoms with van der Waals surface area (Å²) in [5.74, 6) is 0.144. The van der Waals surface area contributed by atoms with E-state index in [2.05, 4.69) is 10.5 Å². The lowest BCUT2D eigenvalue weighted by Gasteiger charge is -2.22. The maximum Gasteiger partial charge on any atom is 0.258 e. The van der Waals surface area contributed by atoms with Crippen LogP contribution in [-0.4, -0.2) is 44.5 Å². The number of nitrogens with zero attached hydrogens (tertiary/aromatic N) is 2. The number of hydrogen-bond donors (Lipinski definition) is 1. The Bertz CT molecular complexity index is 1280. The average Bonchev–Trinajstić information content (AvgIpc) is 3.30. The van der Waals surface area contributed by atoms with Gasteiger partial charge in [0, 0.05) is 17.1 Å². The van der Waals surface area contributed by atoms with Gasteiger partial charge in [0.1, 0.15) is 11.8 Å². The fraction of sp³-hybridized carbons (Fsp3) is 0.217. The first-order valence-electron chi connectivity index (χ1n) is 10.1. The molecule has 1 amide bonds. The number of hydrogen-bond acceptors (Lipinski definition) is 5. The van der Waals surface area contributed by atoms with E-state index in [1.165, 1.54) is 34.8 Å². The molecule has 0 unspecified atom stereocenters. The van der Waals surface area contributed by atoms with Crippen LogP contribution in [0, 0.1) is 0 Å². The van der Waals surface area contributed by atoms with Gasteiger partial charge in [-0.15, -0.1) is 0 Å². The predicted octanol–water partition coefficient (Wildman–Crippen LogP) is 3.81. The molecule has 9 heteroatoms. The number of carbonyl (C=O) groups excluding carboxylic acids is 1. The van der Waals surface area contributed by atoms with Crippen molar-refractivity contribution in [2.45, 2.75) is 23.8 Å². The van der Waals surface area contributed by atoms with Crippen molar-refractivity contribution in [2.24, 2.45) is 5.10 Å². The number of rotatable bonds is 6. The number of carbonyl (C=O) groups is 1. The average molecular weight is 472 g/mol. The Morgan fingerprint density at radius 1 is 1.16 bits per heavy atom. The van der Waals surface area contributed by atoms with Gasteiger partial charge in [-0.3, -0.25) is 4.79 Å². The van der Waals surface area contributed by atoms with Crippen LogP contribution in [-0.2, 0) is 14.8 Å². The Morgan fingerprint density at radius 2 is 1.91 bits per heavy atom. The van der Waals surface area contributed by atoms with Crippen molar-refractivity contribution in [3.05, 3.63) is 71.2 Å². The quantitative estimate of drug-likeness (QED) is 0.437. The third-order valence-corrected chi connectivity index (χ3v) is 7.62. The SMILES string of the molecule is COc1ccc2ccccc2c1/C=N\NC(=O)[C@@H]1CCCN1S(=O)(=O)c1ccc(Cl)cc1. The Hall–Kier alpha value is -2.94. The second kappa shape index (κ2) is 9.28. The van der Waals surface area contributed by atoms with Crippen molar-refractivity contribution in [1.82, 2.24) is 9.73 Å². The van der Waals surface area contributed by atoms with Gasteiger partial charge in [-0.05, 0) is 53.9 Å². The Morgan fingerprint density at radius 3 is 2.66 bits per heavy atom. The maximum absolute atomic E-state index is 13.0. The van der Waals surface area contributed by atoms with E-state index in [4.69, 9.17) is 16.3 Å². The van der Waals surface area contributed by atoms with Crippen LogP contribution in [0.2, 0.25) is 5.02 Å². The molecule has 3 aromatic rings. The third-order valence-electron chi connectivity index (χ3n) is 5.45. The van der Waals surface area contributed by atoms with E-state index in [9.17, 15) is 13.2 Å². The molecule has 166 valence electrons. The number of hydrazone groups is 1. The number of methoxy groups -OCH3 is 1. The maximum atomic E-state index is 13.0. The number of ether oxygens (including phenoxy) is 1. The second-order valence-electron chi connectivity index (χ2n) is 7.36. The summed E-state index contributed by atoms with van der Waals surface area (Å²) in [7, 11) is -2.26. The van der Waals surface area contributed by atoms with Crippen molar-refractivity contribution in [2.75, 3.05) is 13.7 Å². The van der Waals surface area contributed by atoms with E-state index in [0.717, 1.165) is 16.3 Å². The number of benzene rings is 3. The molecule has 0 saturated carbocycles. The lowest BCUT2D eigenvalue weighted by atomic mass is 10.0. The predicted molar refractivity (Wildman–Crippen MR) is 125 cm³/mol. The van der Waals surface area contributed by atoms with Gasteiger partial charge in [-0.1, -0.05) is 41.9 Å². The second-order valence-corrected chi connectivity index (χ2v) is 9.69. The number of nitrogens with one attached hydrogen (secondary N) is 1. The molecule has 1 fully saturated rings. The summed E-state index contributed by atoms with van der Waals surface area (Å²) in [4.78, 5) is 12.9. The highest BCUT2D eigenvalue weighted by atomic mass is 35.5. The van der Waals surface area contributed by atoms with E-state index < -0.39 is 22.0 Å². The summed E-state index contributed by atoms with van der Waals surface area (Å²) >= 11 is 5.87. The van der Waals surface area contributed by atoms with E-state index >= 15 is 0 Å². The van der Waals surface area contributed by atoms with Crippen LogP contribution < -0.4 is 10.2 Å². The van der Waals surface area contributed by atoms with Crippen LogP contribution in [0.4, 0.5) is 0 Å². The molecule has 4 rings (SSSR count). The molecule has 0 bridgehead atoms. The molecule has 1 aliphatic heterocycles. The summed E-state index contributed by atoms with van der Waals surface area (Å²) in [6.45, 7) is 0.268. The van der Waals surface area contributed by atoms with Crippen LogP contribution in [0.25, 0.3) is 10.8 Å².